The number of hydrogen-bond acceptors (Lipinski definition) is 3. The topological polar surface area (TPSA) is 35.5 Å². The maximum Gasteiger partial charge on any atom is 0.118 e. The number of nitrogens with one attached hydrogen (secondary N) is 1. The molecule has 3 nitrogen and oxygen atoms in total. The molecule has 1 aromatic carbocycles. The van der Waals surface area contributed by atoms with Gasteiger partial charge >= 0.3 is 0 Å². The summed E-state index contributed by atoms with van der Waals surface area (Å²) in [6.45, 7) is 5.70. The molecule has 1 saturated heterocycles. The third-order valence-corrected chi connectivity index (χ3v) is 3.17. The van der Waals surface area contributed by atoms with Crippen molar-refractivity contribution in [3.63, 3.8) is 0 Å². The monoisotopic (exact) mass is 226 g/mol. The average molecular weight is 227 g/mol. The molecule has 1 heterocycles. The van der Waals surface area contributed by atoms with E-state index in [1.807, 2.05) is 6.92 Å². The van der Waals surface area contributed by atoms with E-state index in [0.29, 0.717) is 0 Å². The number of benzene rings is 1. The fourth-order valence-electron chi connectivity index (χ4n) is 1.87. The molecule has 1 aromatic rings. The van der Waals surface area contributed by atoms with Gasteiger partial charge in [0.2, 0.25) is 0 Å². The quantitative estimate of drug-likeness (QED) is 0.766. The minimum absolute atomic E-state index is 0.283. The number of aromatic hydroxyl groups is 1. The Hall–Kier alpha value is -0.930. The van der Waals surface area contributed by atoms with Gasteiger partial charge in [-0.3, -0.25) is 0 Å². The summed E-state index contributed by atoms with van der Waals surface area (Å²) in [6.07, 6.45) is 0. The van der Waals surface area contributed by atoms with Gasteiger partial charge in [0.25, 0.3) is 0 Å². The average Bonchev–Trinajstić information content (AvgIpc) is 2.24. The fourth-order valence-corrected chi connectivity index (χ4v) is 2.10. The van der Waals surface area contributed by atoms with E-state index in [2.05, 4.69) is 10.2 Å². The van der Waals surface area contributed by atoms with Gasteiger partial charge in [-0.1, -0.05) is 11.6 Å². The van der Waals surface area contributed by atoms with Crippen molar-refractivity contribution in [1.29, 1.82) is 0 Å². The minimum Gasteiger partial charge on any atom is -0.508 e. The van der Waals surface area contributed by atoms with E-state index in [0.717, 1.165) is 42.5 Å². The van der Waals surface area contributed by atoms with Crippen LogP contribution in [-0.4, -0.2) is 31.3 Å². The van der Waals surface area contributed by atoms with Crippen molar-refractivity contribution in [3.05, 3.63) is 22.7 Å². The molecule has 0 spiro atoms. The van der Waals surface area contributed by atoms with Crippen LogP contribution in [0.4, 0.5) is 5.69 Å². The maximum atomic E-state index is 9.55. The molecule has 0 aliphatic carbocycles. The van der Waals surface area contributed by atoms with Crippen LogP contribution in [0.1, 0.15) is 5.56 Å². The Kier molecular flexibility index (Phi) is 3.03. The lowest BCUT2D eigenvalue weighted by Gasteiger charge is -2.30. The normalized spacial score (nSPS) is 16.8. The predicted octanol–water partition coefficient (Wildman–Crippen LogP) is 1.76. The number of halogens is 1. The Morgan fingerprint density at radius 3 is 2.67 bits per heavy atom. The molecule has 15 heavy (non-hydrogen) atoms. The van der Waals surface area contributed by atoms with Gasteiger partial charge in [-0.15, -0.1) is 0 Å². The van der Waals surface area contributed by atoms with Gasteiger partial charge in [0.15, 0.2) is 0 Å². The van der Waals surface area contributed by atoms with Crippen molar-refractivity contribution in [2.75, 3.05) is 31.1 Å². The van der Waals surface area contributed by atoms with Gasteiger partial charge < -0.3 is 15.3 Å². The Morgan fingerprint density at radius 1 is 1.33 bits per heavy atom. The second-order valence-corrected chi connectivity index (χ2v) is 4.21. The lowest BCUT2D eigenvalue weighted by atomic mass is 10.1. The van der Waals surface area contributed by atoms with Crippen molar-refractivity contribution >= 4 is 17.3 Å². The van der Waals surface area contributed by atoms with Crippen molar-refractivity contribution in [2.24, 2.45) is 0 Å². The first-order chi connectivity index (χ1) is 7.18. The van der Waals surface area contributed by atoms with Crippen molar-refractivity contribution in [1.82, 2.24) is 5.32 Å². The number of anilines is 1. The summed E-state index contributed by atoms with van der Waals surface area (Å²) in [6, 6.07) is 3.43. The summed E-state index contributed by atoms with van der Waals surface area (Å²) in [7, 11) is 0. The molecule has 0 unspecified atom stereocenters. The summed E-state index contributed by atoms with van der Waals surface area (Å²) < 4.78 is 0. The van der Waals surface area contributed by atoms with Crippen molar-refractivity contribution < 1.29 is 5.11 Å². The summed E-state index contributed by atoms with van der Waals surface area (Å²) in [5, 5.41) is 13.6. The molecular formula is C11H15ClN2O. The Bertz CT molecular complexity index is 362. The molecule has 1 aliphatic heterocycles. The highest BCUT2D eigenvalue weighted by molar-refractivity contribution is 6.34. The number of rotatable bonds is 1. The lowest BCUT2D eigenvalue weighted by Crippen LogP contribution is -2.43. The van der Waals surface area contributed by atoms with Crippen LogP contribution in [0.15, 0.2) is 12.1 Å². The SMILES string of the molecule is Cc1cc(O)cc(N2CCNCC2)c1Cl. The molecule has 0 saturated carbocycles. The van der Waals surface area contributed by atoms with E-state index in [1.54, 1.807) is 12.1 Å². The zero-order valence-corrected chi connectivity index (χ0v) is 9.51. The van der Waals surface area contributed by atoms with Gasteiger partial charge in [0, 0.05) is 32.2 Å². The molecular weight excluding hydrogens is 212 g/mol. The predicted molar refractivity (Wildman–Crippen MR) is 62.9 cm³/mol. The summed E-state index contributed by atoms with van der Waals surface area (Å²) in [5.41, 5.74) is 1.86. The number of nitrogens with zero attached hydrogens (tertiary/aromatic N) is 1. The summed E-state index contributed by atoms with van der Waals surface area (Å²) >= 11 is 6.23. The van der Waals surface area contributed by atoms with Crippen molar-refractivity contribution in [3.8, 4) is 5.75 Å². The minimum atomic E-state index is 0.283. The van der Waals surface area contributed by atoms with Crippen molar-refractivity contribution in [2.45, 2.75) is 6.92 Å². The fraction of sp³-hybridized carbons (Fsp3) is 0.455. The lowest BCUT2D eigenvalue weighted by molar-refractivity contribution is 0.474. The largest absolute Gasteiger partial charge is 0.508 e. The first kappa shape index (κ1) is 10.6. The molecule has 4 heteroatoms. The number of phenols is 1. The van der Waals surface area contributed by atoms with Gasteiger partial charge in [0.05, 0.1) is 10.7 Å². The van der Waals surface area contributed by atoms with Crippen LogP contribution in [0.2, 0.25) is 5.02 Å². The number of phenolic OH excluding ortho intramolecular Hbond substituents is 1. The smallest absolute Gasteiger partial charge is 0.118 e. The van der Waals surface area contributed by atoms with E-state index < -0.39 is 0 Å². The first-order valence-electron chi connectivity index (χ1n) is 5.13. The highest BCUT2D eigenvalue weighted by Crippen LogP contribution is 2.33. The van der Waals surface area contributed by atoms with Gasteiger partial charge in [-0.05, 0) is 18.6 Å². The van der Waals surface area contributed by atoms with E-state index in [4.69, 9.17) is 11.6 Å². The molecule has 0 amide bonds. The van der Waals surface area contributed by atoms with Crippen LogP contribution in [0.3, 0.4) is 0 Å². The van der Waals surface area contributed by atoms with E-state index in [-0.39, 0.29) is 5.75 Å². The van der Waals surface area contributed by atoms with Crippen LogP contribution < -0.4 is 10.2 Å². The van der Waals surface area contributed by atoms with E-state index in [9.17, 15) is 5.11 Å². The Balaban J connectivity index is 2.33. The van der Waals surface area contributed by atoms with Crippen LogP contribution in [0.25, 0.3) is 0 Å². The second-order valence-electron chi connectivity index (χ2n) is 3.83. The molecule has 0 radical (unpaired) electrons. The summed E-state index contributed by atoms with van der Waals surface area (Å²) in [4.78, 5) is 2.20. The maximum absolute atomic E-state index is 9.55. The van der Waals surface area contributed by atoms with E-state index >= 15 is 0 Å². The zero-order chi connectivity index (χ0) is 10.8. The molecule has 1 fully saturated rings. The van der Waals surface area contributed by atoms with Crippen LogP contribution in [-0.2, 0) is 0 Å². The molecule has 1 aliphatic rings. The first-order valence-corrected chi connectivity index (χ1v) is 5.51. The van der Waals surface area contributed by atoms with E-state index in [1.165, 1.54) is 0 Å². The third-order valence-electron chi connectivity index (χ3n) is 2.68. The molecule has 2 N–H and O–H groups in total. The molecule has 0 atom stereocenters. The summed E-state index contributed by atoms with van der Waals surface area (Å²) in [5.74, 6) is 0.283. The number of piperazine rings is 1. The third kappa shape index (κ3) is 2.19. The van der Waals surface area contributed by atoms with Crippen LogP contribution in [0, 0.1) is 6.92 Å². The van der Waals surface area contributed by atoms with Crippen LogP contribution >= 0.6 is 11.6 Å². The molecule has 82 valence electrons. The standard InChI is InChI=1S/C11H15ClN2O/c1-8-6-9(15)7-10(11(8)12)14-4-2-13-3-5-14/h6-7,13,15H,2-5H2,1H3. The highest BCUT2D eigenvalue weighted by Gasteiger charge is 2.15. The number of hydrogen-bond donors (Lipinski definition) is 2. The molecule has 0 aromatic heterocycles. The second kappa shape index (κ2) is 4.29. The molecule has 2 rings (SSSR count). The zero-order valence-electron chi connectivity index (χ0n) is 8.76. The molecule has 0 bridgehead atoms. The van der Waals surface area contributed by atoms with Gasteiger partial charge in [0.1, 0.15) is 5.75 Å². The van der Waals surface area contributed by atoms with Gasteiger partial charge in [-0.25, -0.2) is 0 Å². The highest BCUT2D eigenvalue weighted by atomic mass is 35.5. The van der Waals surface area contributed by atoms with Crippen LogP contribution in [0.5, 0.6) is 5.75 Å². The van der Waals surface area contributed by atoms with Gasteiger partial charge in [-0.2, -0.15) is 0 Å². The Labute approximate surface area is 94.7 Å². The number of aryl methyl sites for hydroxylation is 1. The Morgan fingerprint density at radius 2 is 2.00 bits per heavy atom.